The van der Waals surface area contributed by atoms with Crippen LogP contribution in [0.3, 0.4) is 0 Å². The molecule has 0 radical (unpaired) electrons. The lowest BCUT2D eigenvalue weighted by Gasteiger charge is -2.17. The van der Waals surface area contributed by atoms with Crippen LogP contribution in [-0.4, -0.2) is 24.8 Å². The molecule has 7 heteroatoms. The van der Waals surface area contributed by atoms with Gasteiger partial charge >= 0.3 is 0 Å². The number of nitrogens with zero attached hydrogens (tertiary/aromatic N) is 1. The molecule has 20 heavy (non-hydrogen) atoms. The van der Waals surface area contributed by atoms with Crippen LogP contribution in [0.15, 0.2) is 45.9 Å². The van der Waals surface area contributed by atoms with E-state index in [1.54, 1.807) is 13.1 Å². The fourth-order valence-corrected chi connectivity index (χ4v) is 3.40. The number of aromatic nitrogens is 1. The molecule has 0 bridgehead atoms. The van der Waals surface area contributed by atoms with E-state index in [0.29, 0.717) is 12.2 Å². The largest absolute Gasteiger partial charge is 0.363 e. The summed E-state index contributed by atoms with van der Waals surface area (Å²) in [5.74, 6) is 0. The van der Waals surface area contributed by atoms with Gasteiger partial charge in [-0.1, -0.05) is 34.1 Å². The molecule has 0 saturated carbocycles. The highest BCUT2D eigenvalue weighted by atomic mass is 79.9. The summed E-state index contributed by atoms with van der Waals surface area (Å²) in [6.07, 6.45) is 1.47. The highest BCUT2D eigenvalue weighted by Gasteiger charge is 2.22. The van der Waals surface area contributed by atoms with Crippen molar-refractivity contribution in [3.8, 4) is 0 Å². The van der Waals surface area contributed by atoms with Gasteiger partial charge in [0.05, 0.1) is 4.90 Å². The first-order valence-corrected chi connectivity index (χ1v) is 8.25. The van der Waals surface area contributed by atoms with E-state index in [-0.39, 0.29) is 11.4 Å². The summed E-state index contributed by atoms with van der Waals surface area (Å²) in [7, 11) is -1.96. The quantitative estimate of drug-likeness (QED) is 0.859. The Balaban J connectivity index is 2.23. The van der Waals surface area contributed by atoms with Crippen LogP contribution >= 0.6 is 15.9 Å². The molecule has 0 spiro atoms. The average Bonchev–Trinajstić information content (AvgIpc) is 2.90. The van der Waals surface area contributed by atoms with Crippen LogP contribution in [0.1, 0.15) is 11.3 Å². The van der Waals surface area contributed by atoms with Gasteiger partial charge in [0.2, 0.25) is 10.0 Å². The molecule has 2 rings (SSSR count). The minimum absolute atomic E-state index is 0.229. The number of hydrogen-bond acceptors (Lipinski definition) is 3. The normalized spacial score (nSPS) is 12.0. The molecule has 0 aliphatic heterocycles. The molecule has 108 valence electrons. The predicted molar refractivity (Wildman–Crippen MR) is 81.5 cm³/mol. The first kappa shape index (κ1) is 15.2. The van der Waals surface area contributed by atoms with E-state index in [0.717, 1.165) is 10.0 Å². The second kappa shape index (κ2) is 6.09. The Morgan fingerprint density at radius 2 is 2.05 bits per heavy atom. The van der Waals surface area contributed by atoms with Crippen molar-refractivity contribution in [2.24, 2.45) is 5.73 Å². The first-order valence-electron chi connectivity index (χ1n) is 6.02. The van der Waals surface area contributed by atoms with Crippen molar-refractivity contribution in [1.29, 1.82) is 0 Å². The molecule has 0 amide bonds. The molecule has 2 aromatic rings. The van der Waals surface area contributed by atoms with Crippen LogP contribution in [0.25, 0.3) is 0 Å². The Morgan fingerprint density at radius 1 is 1.35 bits per heavy atom. The molecule has 3 N–H and O–H groups in total. The van der Waals surface area contributed by atoms with E-state index in [1.807, 2.05) is 24.3 Å². The Hall–Kier alpha value is -1.15. The minimum Gasteiger partial charge on any atom is -0.363 e. The van der Waals surface area contributed by atoms with Crippen LogP contribution in [0, 0.1) is 0 Å². The zero-order valence-electron chi connectivity index (χ0n) is 11.0. The second-order valence-electron chi connectivity index (χ2n) is 4.42. The van der Waals surface area contributed by atoms with Gasteiger partial charge in [0.15, 0.2) is 0 Å². The van der Waals surface area contributed by atoms with Gasteiger partial charge in [0, 0.05) is 36.5 Å². The smallest absolute Gasteiger partial charge is 0.244 e. The van der Waals surface area contributed by atoms with E-state index in [4.69, 9.17) is 5.73 Å². The maximum absolute atomic E-state index is 12.4. The number of sulfonamides is 1. The number of H-pyrrole nitrogens is 1. The van der Waals surface area contributed by atoms with Crippen LogP contribution < -0.4 is 5.73 Å². The zero-order chi connectivity index (χ0) is 14.8. The zero-order valence-corrected chi connectivity index (χ0v) is 13.4. The lowest BCUT2D eigenvalue weighted by atomic mass is 10.2. The minimum atomic E-state index is -3.52. The summed E-state index contributed by atoms with van der Waals surface area (Å²) >= 11 is 3.42. The molecule has 0 saturated heterocycles. The lowest BCUT2D eigenvalue weighted by Crippen LogP contribution is -2.26. The van der Waals surface area contributed by atoms with Crippen molar-refractivity contribution in [2.75, 3.05) is 7.05 Å². The fourth-order valence-electron chi connectivity index (χ4n) is 1.82. The topological polar surface area (TPSA) is 79.2 Å². The van der Waals surface area contributed by atoms with Crippen molar-refractivity contribution < 1.29 is 8.42 Å². The van der Waals surface area contributed by atoms with Gasteiger partial charge in [-0.2, -0.15) is 4.31 Å². The van der Waals surface area contributed by atoms with E-state index in [2.05, 4.69) is 20.9 Å². The average molecular weight is 358 g/mol. The standard InChI is InChI=1S/C13H16BrN3O2S/c1-17(9-10-4-2-3-5-13(10)14)20(18,19)12-6-11(7-15)16-8-12/h2-6,8,16H,7,9,15H2,1H3. The third-order valence-corrected chi connectivity index (χ3v) is 5.55. The van der Waals surface area contributed by atoms with Crippen molar-refractivity contribution >= 4 is 26.0 Å². The Labute approximate surface area is 127 Å². The summed E-state index contributed by atoms with van der Waals surface area (Å²) in [6, 6.07) is 9.11. The molecule has 0 unspecified atom stereocenters. The number of hydrogen-bond donors (Lipinski definition) is 2. The summed E-state index contributed by atoms with van der Waals surface area (Å²) in [5, 5.41) is 0. The highest BCUT2D eigenvalue weighted by Crippen LogP contribution is 2.21. The number of rotatable bonds is 5. The summed E-state index contributed by atoms with van der Waals surface area (Å²) in [5.41, 5.74) is 7.08. The van der Waals surface area contributed by atoms with Gasteiger partial charge < -0.3 is 10.7 Å². The number of nitrogens with one attached hydrogen (secondary N) is 1. The molecular weight excluding hydrogens is 342 g/mol. The van der Waals surface area contributed by atoms with Gasteiger partial charge in [0.1, 0.15) is 0 Å². The summed E-state index contributed by atoms with van der Waals surface area (Å²) < 4.78 is 27.1. The Kier molecular flexibility index (Phi) is 4.64. The lowest BCUT2D eigenvalue weighted by molar-refractivity contribution is 0.466. The van der Waals surface area contributed by atoms with Crippen LogP contribution in [0.5, 0.6) is 0 Å². The van der Waals surface area contributed by atoms with E-state index < -0.39 is 10.0 Å². The molecular formula is C13H16BrN3O2S. The molecule has 1 heterocycles. The van der Waals surface area contributed by atoms with Crippen LogP contribution in [-0.2, 0) is 23.1 Å². The Bertz CT molecular complexity index is 697. The molecule has 0 atom stereocenters. The molecule has 0 fully saturated rings. The van der Waals surface area contributed by atoms with Crippen molar-refractivity contribution in [2.45, 2.75) is 18.0 Å². The van der Waals surface area contributed by atoms with Gasteiger partial charge in [0.25, 0.3) is 0 Å². The molecule has 0 aliphatic carbocycles. The van der Waals surface area contributed by atoms with Gasteiger partial charge in [-0.05, 0) is 17.7 Å². The van der Waals surface area contributed by atoms with Gasteiger partial charge in [-0.15, -0.1) is 0 Å². The predicted octanol–water partition coefficient (Wildman–Crippen LogP) is 2.06. The first-order chi connectivity index (χ1) is 9.45. The molecule has 5 nitrogen and oxygen atoms in total. The monoisotopic (exact) mass is 357 g/mol. The number of aromatic amines is 1. The summed E-state index contributed by atoms with van der Waals surface area (Å²) in [4.78, 5) is 3.08. The van der Waals surface area contributed by atoms with Crippen LogP contribution in [0.4, 0.5) is 0 Å². The fraction of sp³-hybridized carbons (Fsp3) is 0.231. The number of benzene rings is 1. The summed E-state index contributed by atoms with van der Waals surface area (Å²) in [6.45, 7) is 0.580. The maximum atomic E-state index is 12.4. The number of halogens is 1. The van der Waals surface area contributed by atoms with Crippen molar-refractivity contribution in [3.63, 3.8) is 0 Å². The highest BCUT2D eigenvalue weighted by molar-refractivity contribution is 9.10. The van der Waals surface area contributed by atoms with Gasteiger partial charge in [-0.3, -0.25) is 0 Å². The maximum Gasteiger partial charge on any atom is 0.244 e. The number of nitrogens with two attached hydrogens (primary N) is 1. The molecule has 1 aromatic carbocycles. The van der Waals surface area contributed by atoms with Crippen molar-refractivity contribution in [3.05, 3.63) is 52.3 Å². The van der Waals surface area contributed by atoms with E-state index in [9.17, 15) is 8.42 Å². The third-order valence-electron chi connectivity index (χ3n) is 3.00. The molecule has 1 aromatic heterocycles. The Morgan fingerprint density at radius 3 is 2.65 bits per heavy atom. The van der Waals surface area contributed by atoms with Gasteiger partial charge in [-0.25, -0.2) is 8.42 Å². The van der Waals surface area contributed by atoms with Crippen molar-refractivity contribution in [1.82, 2.24) is 9.29 Å². The third kappa shape index (κ3) is 3.12. The van der Waals surface area contributed by atoms with Crippen LogP contribution in [0.2, 0.25) is 0 Å². The van der Waals surface area contributed by atoms with E-state index >= 15 is 0 Å². The SMILES string of the molecule is CN(Cc1ccccc1Br)S(=O)(=O)c1c[nH]c(CN)c1. The second-order valence-corrected chi connectivity index (χ2v) is 7.32. The molecule has 0 aliphatic rings. The van der Waals surface area contributed by atoms with E-state index in [1.165, 1.54) is 10.5 Å².